The summed E-state index contributed by atoms with van der Waals surface area (Å²) in [6, 6.07) is 3.22. The van der Waals surface area contributed by atoms with Gasteiger partial charge in [-0.3, -0.25) is 19.7 Å². The van der Waals surface area contributed by atoms with Gasteiger partial charge in [-0.1, -0.05) is 6.92 Å². The lowest BCUT2D eigenvalue weighted by Crippen LogP contribution is -2.32. The molecule has 0 heterocycles. The van der Waals surface area contributed by atoms with Gasteiger partial charge in [0.25, 0.3) is 5.69 Å². The van der Waals surface area contributed by atoms with Crippen molar-refractivity contribution in [2.24, 2.45) is 5.92 Å². The van der Waals surface area contributed by atoms with Crippen molar-refractivity contribution in [1.29, 1.82) is 0 Å². The predicted octanol–water partition coefficient (Wildman–Crippen LogP) is 2.78. The maximum absolute atomic E-state index is 13.1. The molecule has 0 amide bonds. The first-order valence-electron chi connectivity index (χ1n) is 6.41. The lowest BCUT2D eigenvalue weighted by Gasteiger charge is -2.25. The van der Waals surface area contributed by atoms with E-state index >= 15 is 0 Å². The van der Waals surface area contributed by atoms with Gasteiger partial charge in [0.1, 0.15) is 17.4 Å². The van der Waals surface area contributed by atoms with Crippen molar-refractivity contribution in [3.05, 3.63) is 39.7 Å². The molecule has 6 heteroatoms. The molecule has 1 saturated carbocycles. The summed E-state index contributed by atoms with van der Waals surface area (Å²) in [6.45, 7) is 1.60. The average Bonchev–Trinajstić information content (AvgIpc) is 2.38. The lowest BCUT2D eigenvalue weighted by atomic mass is 9.75. The number of nitro groups is 1. The maximum Gasteiger partial charge on any atom is 0.275 e. The standard InChI is InChI=1S/C14H14FNO4/c1-8(14-12(17)3-2-4-13(14)18)10-6-5-9(15)7-11(10)16(19)20/h5-8,14H,2-4H2,1H3. The summed E-state index contributed by atoms with van der Waals surface area (Å²) in [5, 5.41) is 11.0. The number of benzene rings is 1. The summed E-state index contributed by atoms with van der Waals surface area (Å²) in [6.07, 6.45) is 1.16. The number of hydrogen-bond acceptors (Lipinski definition) is 4. The fourth-order valence-corrected chi connectivity index (χ4v) is 2.72. The van der Waals surface area contributed by atoms with E-state index in [2.05, 4.69) is 0 Å². The van der Waals surface area contributed by atoms with E-state index in [0.717, 1.165) is 12.1 Å². The molecule has 0 aromatic heterocycles. The van der Waals surface area contributed by atoms with Crippen molar-refractivity contribution < 1.29 is 18.9 Å². The predicted molar refractivity (Wildman–Crippen MR) is 68.8 cm³/mol. The Morgan fingerprint density at radius 3 is 2.45 bits per heavy atom. The largest absolute Gasteiger partial charge is 0.299 e. The van der Waals surface area contributed by atoms with Gasteiger partial charge < -0.3 is 0 Å². The van der Waals surface area contributed by atoms with Gasteiger partial charge in [-0.05, 0) is 18.6 Å². The smallest absolute Gasteiger partial charge is 0.275 e. The van der Waals surface area contributed by atoms with Crippen LogP contribution in [-0.4, -0.2) is 16.5 Å². The summed E-state index contributed by atoms with van der Waals surface area (Å²) < 4.78 is 13.1. The van der Waals surface area contributed by atoms with Crippen molar-refractivity contribution in [2.75, 3.05) is 0 Å². The Balaban J connectivity index is 2.42. The van der Waals surface area contributed by atoms with Crippen LogP contribution in [0, 0.1) is 21.8 Å². The number of ketones is 2. The molecule has 1 aliphatic rings. The summed E-state index contributed by atoms with van der Waals surface area (Å²) in [7, 11) is 0. The van der Waals surface area contributed by atoms with Crippen molar-refractivity contribution in [2.45, 2.75) is 32.1 Å². The van der Waals surface area contributed by atoms with Crippen LogP contribution in [0.1, 0.15) is 37.7 Å². The fraction of sp³-hybridized carbons (Fsp3) is 0.429. The SMILES string of the molecule is CC(c1ccc(F)cc1[N+](=O)[O-])C1C(=O)CCCC1=O. The number of carbonyl (C=O) groups is 2. The highest BCUT2D eigenvalue weighted by Gasteiger charge is 2.37. The zero-order valence-corrected chi connectivity index (χ0v) is 11.0. The van der Waals surface area contributed by atoms with E-state index in [1.165, 1.54) is 6.07 Å². The first-order chi connectivity index (χ1) is 9.41. The molecule has 0 bridgehead atoms. The van der Waals surface area contributed by atoms with Gasteiger partial charge in [-0.2, -0.15) is 0 Å². The third-order valence-electron chi connectivity index (χ3n) is 3.72. The molecular weight excluding hydrogens is 265 g/mol. The zero-order chi connectivity index (χ0) is 14.9. The molecule has 2 rings (SSSR count). The first-order valence-corrected chi connectivity index (χ1v) is 6.41. The highest BCUT2D eigenvalue weighted by atomic mass is 19.1. The highest BCUT2D eigenvalue weighted by molar-refractivity contribution is 6.05. The van der Waals surface area contributed by atoms with Crippen LogP contribution in [0.3, 0.4) is 0 Å². The van der Waals surface area contributed by atoms with Gasteiger partial charge in [0.2, 0.25) is 0 Å². The fourth-order valence-electron chi connectivity index (χ4n) is 2.72. The average molecular weight is 279 g/mol. The summed E-state index contributed by atoms with van der Waals surface area (Å²) in [5.41, 5.74) is -0.159. The van der Waals surface area contributed by atoms with Gasteiger partial charge in [0.15, 0.2) is 0 Å². The second-order valence-corrected chi connectivity index (χ2v) is 5.01. The highest BCUT2D eigenvalue weighted by Crippen LogP contribution is 2.36. The van der Waals surface area contributed by atoms with Gasteiger partial charge in [-0.15, -0.1) is 0 Å². The molecule has 0 N–H and O–H groups in total. The topological polar surface area (TPSA) is 77.3 Å². The molecular formula is C14H14FNO4. The Hall–Kier alpha value is -2.11. The van der Waals surface area contributed by atoms with Crippen LogP contribution in [0.15, 0.2) is 18.2 Å². The Morgan fingerprint density at radius 1 is 1.30 bits per heavy atom. The molecule has 1 aliphatic carbocycles. The van der Waals surface area contributed by atoms with Crippen LogP contribution in [0.5, 0.6) is 0 Å². The molecule has 106 valence electrons. The lowest BCUT2D eigenvalue weighted by molar-refractivity contribution is -0.385. The molecule has 0 radical (unpaired) electrons. The third kappa shape index (κ3) is 2.59. The molecule has 1 atom stereocenters. The number of nitro benzene ring substituents is 1. The van der Waals surface area contributed by atoms with Gasteiger partial charge >= 0.3 is 0 Å². The first kappa shape index (κ1) is 14.3. The van der Waals surface area contributed by atoms with E-state index in [1.54, 1.807) is 6.92 Å². The minimum atomic E-state index is -0.854. The summed E-state index contributed by atoms with van der Waals surface area (Å²) in [4.78, 5) is 34.1. The van der Waals surface area contributed by atoms with Crippen molar-refractivity contribution in [1.82, 2.24) is 0 Å². The minimum Gasteiger partial charge on any atom is -0.299 e. The van der Waals surface area contributed by atoms with Gasteiger partial charge in [0, 0.05) is 24.3 Å². The van der Waals surface area contributed by atoms with E-state index in [1.807, 2.05) is 0 Å². The number of hydrogen-bond donors (Lipinski definition) is 0. The number of nitrogens with zero attached hydrogens (tertiary/aromatic N) is 1. The Labute approximate surface area is 114 Å². The molecule has 0 aliphatic heterocycles. The number of carbonyl (C=O) groups excluding carboxylic acids is 2. The molecule has 1 unspecified atom stereocenters. The number of rotatable bonds is 3. The normalized spacial score (nSPS) is 18.1. The van der Waals surface area contributed by atoms with E-state index in [4.69, 9.17) is 0 Å². The van der Waals surface area contributed by atoms with Crippen molar-refractivity contribution in [3.8, 4) is 0 Å². The van der Waals surface area contributed by atoms with Crippen LogP contribution in [0.4, 0.5) is 10.1 Å². The molecule has 1 aromatic rings. The molecule has 5 nitrogen and oxygen atoms in total. The second kappa shape index (κ2) is 5.48. The summed E-state index contributed by atoms with van der Waals surface area (Å²) in [5.74, 6) is -2.56. The molecule has 0 saturated heterocycles. The van der Waals surface area contributed by atoms with E-state index in [-0.39, 0.29) is 22.8 Å². The van der Waals surface area contributed by atoms with Crippen molar-refractivity contribution in [3.63, 3.8) is 0 Å². The number of Topliss-reactive ketones (excluding diaryl/α,β-unsaturated/α-hetero) is 2. The molecule has 0 spiro atoms. The van der Waals surface area contributed by atoms with Crippen LogP contribution in [0.2, 0.25) is 0 Å². The summed E-state index contributed by atoms with van der Waals surface area (Å²) >= 11 is 0. The minimum absolute atomic E-state index is 0.188. The molecule has 1 aromatic carbocycles. The van der Waals surface area contributed by atoms with Crippen LogP contribution >= 0.6 is 0 Å². The number of halogens is 1. The monoisotopic (exact) mass is 279 g/mol. The van der Waals surface area contributed by atoms with E-state index < -0.39 is 22.6 Å². The van der Waals surface area contributed by atoms with Gasteiger partial charge in [-0.25, -0.2) is 4.39 Å². The van der Waals surface area contributed by atoms with Gasteiger partial charge in [0.05, 0.1) is 16.9 Å². The van der Waals surface area contributed by atoms with Crippen LogP contribution in [0.25, 0.3) is 0 Å². The zero-order valence-electron chi connectivity index (χ0n) is 11.0. The van der Waals surface area contributed by atoms with E-state index in [9.17, 15) is 24.1 Å². The second-order valence-electron chi connectivity index (χ2n) is 5.01. The quantitative estimate of drug-likeness (QED) is 0.484. The van der Waals surface area contributed by atoms with E-state index in [0.29, 0.717) is 19.3 Å². The molecule has 1 fully saturated rings. The van der Waals surface area contributed by atoms with Crippen molar-refractivity contribution >= 4 is 17.3 Å². The Bertz CT molecular complexity index is 569. The maximum atomic E-state index is 13.1. The van der Waals surface area contributed by atoms with Crippen LogP contribution in [-0.2, 0) is 9.59 Å². The Kier molecular flexibility index (Phi) is 3.92. The third-order valence-corrected chi connectivity index (χ3v) is 3.72. The Morgan fingerprint density at radius 2 is 1.90 bits per heavy atom. The molecule has 20 heavy (non-hydrogen) atoms. The van der Waals surface area contributed by atoms with Crippen LogP contribution < -0.4 is 0 Å².